The number of anilines is 1. The molecule has 2 saturated heterocycles. The summed E-state index contributed by atoms with van der Waals surface area (Å²) in [6.07, 6.45) is 2.81. The number of halogens is 1. The summed E-state index contributed by atoms with van der Waals surface area (Å²) in [5.41, 5.74) is 3.62. The van der Waals surface area contributed by atoms with Gasteiger partial charge in [0.15, 0.2) is 5.13 Å². The first-order chi connectivity index (χ1) is 17.5. The van der Waals surface area contributed by atoms with Gasteiger partial charge in [-0.1, -0.05) is 35.6 Å². The lowest BCUT2D eigenvalue weighted by Gasteiger charge is -2.22. The highest BCUT2D eigenvalue weighted by Crippen LogP contribution is 2.40. The fraction of sp³-hybridized carbons (Fsp3) is 0.296. The van der Waals surface area contributed by atoms with Gasteiger partial charge in [0.1, 0.15) is 23.1 Å². The van der Waals surface area contributed by atoms with Crippen molar-refractivity contribution in [2.45, 2.75) is 25.3 Å². The third-order valence-electron chi connectivity index (χ3n) is 6.82. The number of amides is 1. The lowest BCUT2D eigenvalue weighted by molar-refractivity contribution is 0.0728. The number of nitrogens with zero attached hydrogens (tertiary/aromatic N) is 4. The molecule has 0 spiro atoms. The minimum absolute atomic E-state index is 0.197. The van der Waals surface area contributed by atoms with Gasteiger partial charge in [-0.2, -0.15) is 0 Å². The molecule has 2 fully saturated rings. The molecule has 184 valence electrons. The zero-order valence-electron chi connectivity index (χ0n) is 20.0. The highest BCUT2D eigenvalue weighted by molar-refractivity contribution is 7.19. The van der Waals surface area contributed by atoms with E-state index < -0.39 is 0 Å². The van der Waals surface area contributed by atoms with E-state index in [0.29, 0.717) is 34.9 Å². The van der Waals surface area contributed by atoms with Gasteiger partial charge in [-0.25, -0.2) is 14.4 Å². The van der Waals surface area contributed by atoms with Crippen LogP contribution in [0.1, 0.15) is 41.6 Å². The molecule has 6 rings (SSSR count). The molecule has 0 bridgehead atoms. The van der Waals surface area contributed by atoms with Crippen LogP contribution in [0, 0.1) is 5.82 Å². The van der Waals surface area contributed by atoms with Crippen LogP contribution in [0.4, 0.5) is 9.52 Å². The lowest BCUT2D eigenvalue weighted by Crippen LogP contribution is -2.32. The zero-order chi connectivity index (χ0) is 24.8. The third-order valence-corrected chi connectivity index (χ3v) is 7.98. The summed E-state index contributed by atoms with van der Waals surface area (Å²) >= 11 is 1.45. The second-order valence-corrected chi connectivity index (χ2v) is 10.3. The zero-order valence-corrected chi connectivity index (χ0v) is 20.8. The number of carbonyl (C=O) groups is 1. The molecule has 0 saturated carbocycles. The molecule has 0 radical (unpaired) electrons. The van der Waals surface area contributed by atoms with Crippen molar-refractivity contribution in [1.82, 2.24) is 19.9 Å². The van der Waals surface area contributed by atoms with Crippen LogP contribution in [0.2, 0.25) is 0 Å². The Morgan fingerprint density at radius 3 is 2.81 bits per heavy atom. The first-order valence-electron chi connectivity index (χ1n) is 12.0. The maximum Gasteiger partial charge on any atom is 0.274 e. The minimum atomic E-state index is -0.341. The second-order valence-electron chi connectivity index (χ2n) is 9.29. The summed E-state index contributed by atoms with van der Waals surface area (Å²) in [4.78, 5) is 31.7. The first-order valence-corrected chi connectivity index (χ1v) is 12.8. The van der Waals surface area contributed by atoms with E-state index in [1.165, 1.54) is 23.5 Å². The Hall–Kier alpha value is -3.72. The molecule has 1 amide bonds. The largest absolute Gasteiger partial charge is 0.497 e. The van der Waals surface area contributed by atoms with E-state index in [4.69, 9.17) is 14.7 Å². The minimum Gasteiger partial charge on any atom is -0.497 e. The Morgan fingerprint density at radius 1 is 1.19 bits per heavy atom. The number of imidazole rings is 1. The Balaban J connectivity index is 1.40. The highest BCUT2D eigenvalue weighted by Gasteiger charge is 2.37. The fourth-order valence-electron chi connectivity index (χ4n) is 5.01. The maximum absolute atomic E-state index is 14.1. The molecule has 1 atom stereocenters. The number of H-pyrrole nitrogens is 1. The normalized spacial score (nSPS) is 17.9. The number of hydrogen-bond donors (Lipinski definition) is 1. The van der Waals surface area contributed by atoms with Gasteiger partial charge in [0.2, 0.25) is 0 Å². The molecule has 2 aliphatic heterocycles. The van der Waals surface area contributed by atoms with Crippen LogP contribution in [0.25, 0.3) is 21.5 Å². The molecule has 2 aromatic heterocycles. The van der Waals surface area contributed by atoms with Crippen molar-refractivity contribution >= 4 is 33.4 Å². The summed E-state index contributed by atoms with van der Waals surface area (Å²) in [6, 6.07) is 11.7. The van der Waals surface area contributed by atoms with Crippen LogP contribution in [-0.4, -0.2) is 52.5 Å². The number of likely N-dealkylation sites (tertiary alicyclic amines) is 1. The molecule has 2 aliphatic rings. The van der Waals surface area contributed by atoms with E-state index >= 15 is 0 Å². The van der Waals surface area contributed by atoms with Crippen molar-refractivity contribution in [3.8, 4) is 16.2 Å². The average Bonchev–Trinajstić information content (AvgIpc) is 3.68. The van der Waals surface area contributed by atoms with Gasteiger partial charge in [-0.05, 0) is 49.1 Å². The number of hydrogen-bond acceptors (Lipinski definition) is 6. The maximum atomic E-state index is 14.1. The standard InChI is InChI=1S/C27H26FN5O2S/c1-16-12-22(25-29-20-9-8-19(35-2)14-21(20)30-25)33(15-16)26(34)23-24(17-6-5-7-18(28)13-17)36-27(31-23)32-10-3-4-11-32/h5-9,13-14,22H,1,3-4,10-12,15H2,2H3,(H,29,30)/t22-/m0/s1. The van der Waals surface area contributed by atoms with Gasteiger partial charge >= 0.3 is 0 Å². The molecule has 1 N–H and O–H groups in total. The van der Waals surface area contributed by atoms with Gasteiger partial charge in [0.05, 0.1) is 29.1 Å². The smallest absolute Gasteiger partial charge is 0.274 e. The molecule has 36 heavy (non-hydrogen) atoms. The van der Waals surface area contributed by atoms with E-state index in [1.54, 1.807) is 18.1 Å². The SMILES string of the molecule is C=C1C[C@@H](c2nc3cc(OC)ccc3[nH]2)N(C(=O)c2nc(N3CCCC3)sc2-c2cccc(F)c2)C1. The quantitative estimate of drug-likeness (QED) is 0.360. The van der Waals surface area contributed by atoms with E-state index in [9.17, 15) is 9.18 Å². The lowest BCUT2D eigenvalue weighted by atomic mass is 10.1. The van der Waals surface area contributed by atoms with Crippen molar-refractivity contribution in [1.29, 1.82) is 0 Å². The van der Waals surface area contributed by atoms with Gasteiger partial charge in [-0.3, -0.25) is 4.79 Å². The van der Waals surface area contributed by atoms with E-state index in [2.05, 4.69) is 16.5 Å². The number of rotatable bonds is 5. The van der Waals surface area contributed by atoms with Crippen LogP contribution in [0.3, 0.4) is 0 Å². The number of nitrogens with one attached hydrogen (secondary N) is 1. The van der Waals surface area contributed by atoms with E-state index in [0.717, 1.165) is 53.4 Å². The summed E-state index contributed by atoms with van der Waals surface area (Å²) in [6.45, 7) is 6.41. The summed E-state index contributed by atoms with van der Waals surface area (Å²) in [7, 11) is 1.62. The molecule has 4 heterocycles. The molecular formula is C27H26FN5O2S. The fourth-order valence-corrected chi connectivity index (χ4v) is 6.11. The van der Waals surface area contributed by atoms with Gasteiger partial charge in [0, 0.05) is 25.7 Å². The molecule has 0 unspecified atom stereocenters. The Labute approximate surface area is 212 Å². The average molecular weight is 504 g/mol. The summed E-state index contributed by atoms with van der Waals surface area (Å²) < 4.78 is 19.5. The predicted molar refractivity (Wildman–Crippen MR) is 139 cm³/mol. The Morgan fingerprint density at radius 2 is 2.03 bits per heavy atom. The number of carbonyl (C=O) groups excluding carboxylic acids is 1. The number of fused-ring (bicyclic) bond motifs is 1. The van der Waals surface area contributed by atoms with Crippen LogP contribution in [0.5, 0.6) is 5.75 Å². The molecule has 2 aromatic carbocycles. The van der Waals surface area contributed by atoms with Gasteiger partial charge < -0.3 is 19.5 Å². The number of thiazole rings is 1. The van der Waals surface area contributed by atoms with E-state index in [-0.39, 0.29) is 17.8 Å². The molecule has 9 heteroatoms. The number of methoxy groups -OCH3 is 1. The van der Waals surface area contributed by atoms with Gasteiger partial charge in [-0.15, -0.1) is 0 Å². The van der Waals surface area contributed by atoms with Crippen molar-refractivity contribution in [2.75, 3.05) is 31.6 Å². The molecule has 0 aliphatic carbocycles. The van der Waals surface area contributed by atoms with Crippen molar-refractivity contribution < 1.29 is 13.9 Å². The van der Waals surface area contributed by atoms with Crippen molar-refractivity contribution in [3.05, 3.63) is 72.0 Å². The van der Waals surface area contributed by atoms with Crippen LogP contribution < -0.4 is 9.64 Å². The van der Waals surface area contributed by atoms with Crippen molar-refractivity contribution in [3.63, 3.8) is 0 Å². The Bertz CT molecular complexity index is 1470. The van der Waals surface area contributed by atoms with Gasteiger partial charge in [0.25, 0.3) is 5.91 Å². The molecular weight excluding hydrogens is 477 g/mol. The third kappa shape index (κ3) is 4.03. The van der Waals surface area contributed by atoms with Crippen molar-refractivity contribution in [2.24, 2.45) is 0 Å². The summed E-state index contributed by atoms with van der Waals surface area (Å²) in [5.74, 6) is 0.887. The van der Waals surface area contributed by atoms with E-state index in [1.807, 2.05) is 24.3 Å². The second kappa shape index (κ2) is 9.05. The topological polar surface area (TPSA) is 74.3 Å². The number of benzene rings is 2. The van der Waals surface area contributed by atoms with Crippen LogP contribution >= 0.6 is 11.3 Å². The first kappa shape index (κ1) is 22.7. The van der Waals surface area contributed by atoms with Crippen LogP contribution in [-0.2, 0) is 0 Å². The number of ether oxygens (including phenoxy) is 1. The highest BCUT2D eigenvalue weighted by atomic mass is 32.1. The number of aromatic amines is 1. The molecule has 4 aromatic rings. The predicted octanol–water partition coefficient (Wildman–Crippen LogP) is 5.58. The molecule has 7 nitrogen and oxygen atoms in total. The number of aromatic nitrogens is 3. The summed E-state index contributed by atoms with van der Waals surface area (Å²) in [5, 5.41) is 0.806. The monoisotopic (exact) mass is 503 g/mol. The Kier molecular flexibility index (Phi) is 5.72. The van der Waals surface area contributed by atoms with Crippen LogP contribution in [0.15, 0.2) is 54.6 Å².